The summed E-state index contributed by atoms with van der Waals surface area (Å²) in [5, 5.41) is 16.9. The minimum absolute atomic E-state index is 0. The van der Waals surface area contributed by atoms with Gasteiger partial charge in [-0.1, -0.05) is 18.5 Å². The van der Waals surface area contributed by atoms with Gasteiger partial charge in [0.15, 0.2) is 5.96 Å². The highest BCUT2D eigenvalue weighted by molar-refractivity contribution is 14.0. The maximum Gasteiger partial charge on any atom is 0.191 e. The monoisotopic (exact) mass is 500 g/mol. The first-order chi connectivity index (χ1) is 11.6. The Morgan fingerprint density at radius 1 is 1.44 bits per heavy atom. The fourth-order valence-corrected chi connectivity index (χ4v) is 3.99. The molecule has 1 aliphatic rings. The van der Waals surface area contributed by atoms with Gasteiger partial charge in [0.25, 0.3) is 0 Å². The molecule has 0 saturated carbocycles. The number of nitrogens with one attached hydrogen (secondary N) is 2. The van der Waals surface area contributed by atoms with Crippen LogP contribution in [0.15, 0.2) is 17.1 Å². The molecule has 0 amide bonds. The highest BCUT2D eigenvalue weighted by atomic mass is 127. The van der Waals surface area contributed by atoms with E-state index in [9.17, 15) is 5.11 Å². The molecule has 1 saturated heterocycles. The van der Waals surface area contributed by atoms with Gasteiger partial charge < -0.3 is 20.6 Å². The Morgan fingerprint density at radius 3 is 2.88 bits per heavy atom. The molecule has 25 heavy (non-hydrogen) atoms. The van der Waals surface area contributed by atoms with Crippen molar-refractivity contribution in [1.29, 1.82) is 0 Å². The van der Waals surface area contributed by atoms with Gasteiger partial charge in [-0.25, -0.2) is 0 Å². The Balaban J connectivity index is 0.00000312. The van der Waals surface area contributed by atoms with Crippen LogP contribution in [-0.2, 0) is 0 Å². The molecule has 0 aliphatic carbocycles. The zero-order valence-corrected chi connectivity index (χ0v) is 18.9. The number of hydrogen-bond donors (Lipinski definition) is 3. The Kier molecular flexibility index (Phi) is 11.3. The van der Waals surface area contributed by atoms with Gasteiger partial charge >= 0.3 is 0 Å². The van der Waals surface area contributed by atoms with E-state index < -0.39 is 6.10 Å². The summed E-state index contributed by atoms with van der Waals surface area (Å²) >= 11 is 7.32. The minimum Gasteiger partial charge on any atom is -0.386 e. The highest BCUT2D eigenvalue weighted by Gasteiger charge is 2.21. The fraction of sp³-hybridized carbons (Fsp3) is 0.706. The zero-order chi connectivity index (χ0) is 17.4. The van der Waals surface area contributed by atoms with Crippen molar-refractivity contribution < 1.29 is 5.11 Å². The van der Waals surface area contributed by atoms with Crippen molar-refractivity contribution in [2.24, 2.45) is 10.9 Å². The number of aliphatic imine (C=N–C) groups is 1. The molecule has 0 spiro atoms. The Labute approximate surface area is 177 Å². The molecule has 2 heterocycles. The van der Waals surface area contributed by atoms with Crippen LogP contribution >= 0.6 is 46.9 Å². The molecule has 0 bridgehead atoms. The summed E-state index contributed by atoms with van der Waals surface area (Å²) in [6.45, 7) is 9.90. The topological polar surface area (TPSA) is 59.9 Å². The van der Waals surface area contributed by atoms with Crippen LogP contribution < -0.4 is 10.6 Å². The van der Waals surface area contributed by atoms with Crippen molar-refractivity contribution in [2.45, 2.75) is 32.8 Å². The van der Waals surface area contributed by atoms with Crippen LogP contribution in [0.2, 0.25) is 4.34 Å². The maximum absolute atomic E-state index is 10.2. The predicted molar refractivity (Wildman–Crippen MR) is 119 cm³/mol. The number of halogens is 2. The van der Waals surface area contributed by atoms with Crippen LogP contribution in [0.5, 0.6) is 0 Å². The lowest BCUT2D eigenvalue weighted by atomic mass is 10.1. The number of aliphatic hydroxyl groups excluding tert-OH is 1. The second-order valence-electron chi connectivity index (χ2n) is 6.21. The summed E-state index contributed by atoms with van der Waals surface area (Å²) < 4.78 is 0.691. The Bertz CT molecular complexity index is 529. The first kappa shape index (κ1) is 23.0. The summed E-state index contributed by atoms with van der Waals surface area (Å²) in [6, 6.07) is 3.66. The Morgan fingerprint density at radius 2 is 2.24 bits per heavy atom. The number of thiophene rings is 1. The molecule has 2 rings (SSSR count). The molecule has 0 aromatic carbocycles. The summed E-state index contributed by atoms with van der Waals surface area (Å²) in [5.74, 6) is 1.44. The van der Waals surface area contributed by atoms with Crippen LogP contribution in [0.3, 0.4) is 0 Å². The quantitative estimate of drug-likeness (QED) is 0.291. The number of hydrogen-bond acceptors (Lipinski definition) is 4. The largest absolute Gasteiger partial charge is 0.386 e. The van der Waals surface area contributed by atoms with Gasteiger partial charge in [-0.15, -0.1) is 35.3 Å². The lowest BCUT2D eigenvalue weighted by Gasteiger charge is -2.17. The zero-order valence-electron chi connectivity index (χ0n) is 15.0. The van der Waals surface area contributed by atoms with Gasteiger partial charge in [-0.3, -0.25) is 4.99 Å². The average Bonchev–Trinajstić information content (AvgIpc) is 3.19. The molecule has 3 N–H and O–H groups in total. The van der Waals surface area contributed by atoms with E-state index in [2.05, 4.69) is 27.4 Å². The first-order valence-corrected chi connectivity index (χ1v) is 9.99. The third kappa shape index (κ3) is 7.99. The average molecular weight is 501 g/mol. The highest BCUT2D eigenvalue weighted by Crippen LogP contribution is 2.26. The van der Waals surface area contributed by atoms with Gasteiger partial charge in [-0.2, -0.15) is 0 Å². The summed E-state index contributed by atoms with van der Waals surface area (Å²) in [7, 11) is 0. The van der Waals surface area contributed by atoms with Gasteiger partial charge in [0.2, 0.25) is 0 Å². The third-order valence-corrected chi connectivity index (χ3v) is 5.49. The van der Waals surface area contributed by atoms with Crippen LogP contribution in [0.4, 0.5) is 0 Å². The number of nitrogens with zero attached hydrogens (tertiary/aromatic N) is 2. The molecular weight excluding hydrogens is 471 g/mol. The predicted octanol–water partition coefficient (Wildman–Crippen LogP) is 3.34. The third-order valence-electron chi connectivity index (χ3n) is 4.16. The van der Waals surface area contributed by atoms with Crippen molar-refractivity contribution in [3.8, 4) is 0 Å². The van der Waals surface area contributed by atoms with E-state index in [4.69, 9.17) is 11.6 Å². The van der Waals surface area contributed by atoms with E-state index in [0.717, 1.165) is 30.5 Å². The number of rotatable bonds is 8. The molecule has 5 nitrogen and oxygen atoms in total. The van der Waals surface area contributed by atoms with Crippen molar-refractivity contribution in [2.75, 3.05) is 39.3 Å². The summed E-state index contributed by atoms with van der Waals surface area (Å²) in [5.41, 5.74) is 0. The summed E-state index contributed by atoms with van der Waals surface area (Å²) in [6.07, 6.45) is 1.85. The van der Waals surface area contributed by atoms with Crippen molar-refractivity contribution in [3.63, 3.8) is 0 Å². The van der Waals surface area contributed by atoms with Crippen LogP contribution in [0.25, 0.3) is 0 Å². The number of aliphatic hydroxyl groups is 1. The molecule has 8 heteroatoms. The summed E-state index contributed by atoms with van der Waals surface area (Å²) in [4.78, 5) is 7.89. The van der Waals surface area contributed by atoms with Gasteiger partial charge in [-0.05, 0) is 50.9 Å². The van der Waals surface area contributed by atoms with Crippen molar-refractivity contribution in [3.05, 3.63) is 21.3 Å². The van der Waals surface area contributed by atoms with Crippen molar-refractivity contribution >= 4 is 52.9 Å². The molecular formula is C17H30ClIN4OS. The van der Waals surface area contributed by atoms with Crippen molar-refractivity contribution in [1.82, 2.24) is 15.5 Å². The maximum atomic E-state index is 10.2. The van der Waals surface area contributed by atoms with E-state index in [-0.39, 0.29) is 24.0 Å². The minimum atomic E-state index is -0.607. The van der Waals surface area contributed by atoms with E-state index in [1.54, 1.807) is 6.07 Å². The van der Waals surface area contributed by atoms with E-state index in [1.165, 1.54) is 37.3 Å². The molecule has 144 valence electrons. The standard InChI is InChI=1S/C17H29ClN4OS.HI/c1-3-8-22-9-7-13(12-22)10-20-17(19-4-2)21-11-14(23)15-5-6-16(18)24-15;/h5-6,13-14,23H,3-4,7-12H2,1-2H3,(H2,19,20,21);1H. The van der Waals surface area contributed by atoms with Crippen LogP contribution in [0.1, 0.15) is 37.7 Å². The van der Waals surface area contributed by atoms with Gasteiger partial charge in [0.1, 0.15) is 6.10 Å². The second-order valence-corrected chi connectivity index (χ2v) is 7.96. The van der Waals surface area contributed by atoms with Crippen LogP contribution in [-0.4, -0.2) is 55.2 Å². The fourth-order valence-electron chi connectivity index (χ4n) is 2.96. The number of guanidine groups is 1. The first-order valence-electron chi connectivity index (χ1n) is 8.80. The van der Waals surface area contributed by atoms with Gasteiger partial charge in [0.05, 0.1) is 10.9 Å². The molecule has 2 atom stereocenters. The lowest BCUT2D eigenvalue weighted by Crippen LogP contribution is -2.40. The molecule has 2 unspecified atom stereocenters. The SMILES string of the molecule is CCCN1CCC(CNC(=NCC(O)c2ccc(Cl)s2)NCC)C1.I. The lowest BCUT2D eigenvalue weighted by molar-refractivity contribution is 0.191. The van der Waals surface area contributed by atoms with Crippen LogP contribution in [0, 0.1) is 5.92 Å². The molecule has 1 aliphatic heterocycles. The van der Waals surface area contributed by atoms with Gasteiger partial charge in [0, 0.05) is 24.5 Å². The number of likely N-dealkylation sites (tertiary alicyclic amines) is 1. The normalized spacial score (nSPS) is 19.5. The smallest absolute Gasteiger partial charge is 0.191 e. The Hall–Kier alpha value is -0.0900. The molecule has 1 aromatic rings. The van der Waals surface area contributed by atoms with E-state index in [1.807, 2.05) is 13.0 Å². The van der Waals surface area contributed by atoms with E-state index >= 15 is 0 Å². The van der Waals surface area contributed by atoms with E-state index in [0.29, 0.717) is 16.8 Å². The molecule has 0 radical (unpaired) electrons. The molecule has 1 fully saturated rings. The second kappa shape index (κ2) is 12.3. The molecule has 1 aromatic heterocycles.